The molecule has 1 N–H and O–H groups in total. The number of nitrogens with zero attached hydrogens (tertiary/aromatic N) is 4. The number of alkyl halides is 3. The molecule has 2 aliphatic heterocycles. The van der Waals surface area contributed by atoms with Crippen LogP contribution in [0.4, 0.5) is 24.9 Å². The number of carboxylic acids is 1. The number of carboxylic acid groups (broad SMARTS) is 1. The normalized spacial score (nSPS) is 27.0. The van der Waals surface area contributed by atoms with E-state index in [1.807, 2.05) is 6.92 Å². The molecule has 136 valence electrons. The lowest BCUT2D eigenvalue weighted by atomic mass is 9.92. The zero-order chi connectivity index (χ0) is 18.0. The van der Waals surface area contributed by atoms with Gasteiger partial charge in [-0.25, -0.2) is 4.98 Å². The van der Waals surface area contributed by atoms with Crippen LogP contribution in [0.5, 0.6) is 0 Å². The number of aromatic nitrogens is 2. The standard InChI is InChI=1S/C16H19F3N4O2/c1-9-2-3-23(9)14-20-11(16(17,18)19)5-12(21-14)22-7-15(8-22)6-10(15)4-13(24)25/h5,9-10H,2-4,6-8H2,1H3,(H,24,25)/t9-,10?/m0/s1. The monoisotopic (exact) mass is 356 g/mol. The summed E-state index contributed by atoms with van der Waals surface area (Å²) in [4.78, 5) is 22.4. The largest absolute Gasteiger partial charge is 0.481 e. The van der Waals surface area contributed by atoms with Crippen molar-refractivity contribution in [1.29, 1.82) is 0 Å². The highest BCUT2D eigenvalue weighted by Crippen LogP contribution is 2.60. The third-order valence-corrected chi connectivity index (χ3v) is 5.68. The Kier molecular flexibility index (Phi) is 3.42. The maximum atomic E-state index is 13.2. The molecule has 2 saturated heterocycles. The third-order valence-electron chi connectivity index (χ3n) is 5.68. The van der Waals surface area contributed by atoms with Gasteiger partial charge in [-0.05, 0) is 25.7 Å². The number of hydrogen-bond acceptors (Lipinski definition) is 5. The van der Waals surface area contributed by atoms with Gasteiger partial charge in [0.2, 0.25) is 5.95 Å². The molecule has 6 nitrogen and oxygen atoms in total. The summed E-state index contributed by atoms with van der Waals surface area (Å²) < 4.78 is 39.6. The first-order chi connectivity index (χ1) is 11.7. The number of aliphatic carboxylic acids is 1. The minimum Gasteiger partial charge on any atom is -0.481 e. The Balaban J connectivity index is 1.54. The first-order valence-electron chi connectivity index (χ1n) is 8.38. The molecule has 4 rings (SSSR count). The van der Waals surface area contributed by atoms with E-state index in [1.165, 1.54) is 0 Å². The van der Waals surface area contributed by atoms with Crippen LogP contribution in [0.3, 0.4) is 0 Å². The summed E-state index contributed by atoms with van der Waals surface area (Å²) in [5.41, 5.74) is -0.975. The van der Waals surface area contributed by atoms with E-state index < -0.39 is 17.8 Å². The summed E-state index contributed by atoms with van der Waals surface area (Å²) in [7, 11) is 0. The van der Waals surface area contributed by atoms with Crippen LogP contribution in [0.25, 0.3) is 0 Å². The second-order valence-corrected chi connectivity index (χ2v) is 7.46. The first kappa shape index (κ1) is 16.4. The summed E-state index contributed by atoms with van der Waals surface area (Å²) in [5.74, 6) is -0.291. The number of hydrogen-bond donors (Lipinski definition) is 1. The van der Waals surface area contributed by atoms with Crippen molar-refractivity contribution < 1.29 is 23.1 Å². The van der Waals surface area contributed by atoms with Crippen LogP contribution >= 0.6 is 0 Å². The van der Waals surface area contributed by atoms with Crippen molar-refractivity contribution in [3.05, 3.63) is 11.8 Å². The molecule has 1 aliphatic carbocycles. The van der Waals surface area contributed by atoms with Crippen molar-refractivity contribution in [1.82, 2.24) is 9.97 Å². The number of anilines is 2. The third kappa shape index (κ3) is 2.79. The van der Waals surface area contributed by atoms with E-state index in [4.69, 9.17) is 5.11 Å². The number of carbonyl (C=O) groups is 1. The summed E-state index contributed by atoms with van der Waals surface area (Å²) in [6.07, 6.45) is -2.65. The molecule has 3 aliphatic rings. The molecule has 1 aromatic rings. The lowest BCUT2D eigenvalue weighted by Gasteiger charge is -2.43. The van der Waals surface area contributed by atoms with Gasteiger partial charge in [-0.2, -0.15) is 18.2 Å². The highest BCUT2D eigenvalue weighted by atomic mass is 19.4. The zero-order valence-electron chi connectivity index (χ0n) is 13.8. The average Bonchev–Trinajstić information content (AvgIpc) is 3.16. The molecule has 25 heavy (non-hydrogen) atoms. The highest BCUT2D eigenvalue weighted by molar-refractivity contribution is 5.68. The Morgan fingerprint density at radius 2 is 2.12 bits per heavy atom. The first-order valence-corrected chi connectivity index (χ1v) is 8.38. The molecule has 9 heteroatoms. The summed E-state index contributed by atoms with van der Waals surface area (Å²) >= 11 is 0. The summed E-state index contributed by atoms with van der Waals surface area (Å²) in [6, 6.07) is 1.14. The van der Waals surface area contributed by atoms with E-state index in [-0.39, 0.29) is 35.6 Å². The van der Waals surface area contributed by atoms with Gasteiger partial charge in [0.05, 0.1) is 0 Å². The molecule has 3 fully saturated rings. The lowest BCUT2D eigenvalue weighted by Crippen LogP contribution is -2.51. The van der Waals surface area contributed by atoms with Gasteiger partial charge < -0.3 is 14.9 Å². The predicted octanol–water partition coefficient (Wildman–Crippen LogP) is 2.40. The molecule has 0 bridgehead atoms. The SMILES string of the molecule is C[C@H]1CCN1c1nc(N2CC3(CC3CC(=O)O)C2)cc(C(F)(F)F)n1. The van der Waals surface area contributed by atoms with E-state index in [1.54, 1.807) is 9.80 Å². The Hall–Kier alpha value is -2.06. The van der Waals surface area contributed by atoms with Gasteiger partial charge in [-0.15, -0.1) is 0 Å². The number of rotatable bonds is 4. The van der Waals surface area contributed by atoms with Gasteiger partial charge in [0.15, 0.2) is 5.69 Å². The highest BCUT2D eigenvalue weighted by Gasteiger charge is 2.61. The minimum absolute atomic E-state index is 0.0497. The second kappa shape index (κ2) is 5.22. The molecule has 0 amide bonds. The van der Waals surface area contributed by atoms with Crippen LogP contribution in [0.1, 0.15) is 31.9 Å². The maximum Gasteiger partial charge on any atom is 0.433 e. The quantitative estimate of drug-likeness (QED) is 0.893. The van der Waals surface area contributed by atoms with Gasteiger partial charge in [0, 0.05) is 43.6 Å². The molecule has 3 heterocycles. The smallest absolute Gasteiger partial charge is 0.433 e. The van der Waals surface area contributed by atoms with Crippen LogP contribution < -0.4 is 9.80 Å². The molecule has 2 atom stereocenters. The van der Waals surface area contributed by atoms with Gasteiger partial charge in [-0.3, -0.25) is 4.79 Å². The van der Waals surface area contributed by atoms with Crippen molar-refractivity contribution in [3.63, 3.8) is 0 Å². The molecule has 1 saturated carbocycles. The Labute approximate surface area is 142 Å². The lowest BCUT2D eigenvalue weighted by molar-refractivity contribution is -0.141. The minimum atomic E-state index is -4.52. The van der Waals surface area contributed by atoms with Crippen LogP contribution in [-0.4, -0.2) is 46.7 Å². The maximum absolute atomic E-state index is 13.2. The van der Waals surface area contributed by atoms with E-state index in [0.29, 0.717) is 19.6 Å². The van der Waals surface area contributed by atoms with Gasteiger partial charge in [-0.1, -0.05) is 0 Å². The molecule has 0 radical (unpaired) electrons. The Morgan fingerprint density at radius 1 is 1.40 bits per heavy atom. The average molecular weight is 356 g/mol. The van der Waals surface area contributed by atoms with Gasteiger partial charge >= 0.3 is 12.1 Å². The van der Waals surface area contributed by atoms with Gasteiger partial charge in [0.1, 0.15) is 5.82 Å². The topological polar surface area (TPSA) is 69.6 Å². The fourth-order valence-electron chi connectivity index (χ4n) is 3.87. The van der Waals surface area contributed by atoms with Crippen molar-refractivity contribution in [2.24, 2.45) is 11.3 Å². The van der Waals surface area contributed by atoms with Crippen LogP contribution in [-0.2, 0) is 11.0 Å². The Morgan fingerprint density at radius 3 is 2.64 bits per heavy atom. The predicted molar refractivity (Wildman–Crippen MR) is 83.5 cm³/mol. The number of halogens is 3. The van der Waals surface area contributed by atoms with Crippen molar-refractivity contribution in [2.75, 3.05) is 29.4 Å². The summed E-state index contributed by atoms with van der Waals surface area (Å²) in [6.45, 7) is 3.72. The van der Waals surface area contributed by atoms with E-state index in [9.17, 15) is 18.0 Å². The molecule has 1 unspecified atom stereocenters. The van der Waals surface area contributed by atoms with Crippen LogP contribution in [0.2, 0.25) is 0 Å². The van der Waals surface area contributed by atoms with Gasteiger partial charge in [0.25, 0.3) is 0 Å². The van der Waals surface area contributed by atoms with Crippen LogP contribution in [0, 0.1) is 11.3 Å². The van der Waals surface area contributed by atoms with Crippen LogP contribution in [0.15, 0.2) is 6.07 Å². The molecular weight excluding hydrogens is 337 g/mol. The fourth-order valence-corrected chi connectivity index (χ4v) is 3.87. The molecule has 1 spiro atoms. The van der Waals surface area contributed by atoms with Crippen molar-refractivity contribution >= 4 is 17.7 Å². The molecule has 0 aromatic carbocycles. The zero-order valence-corrected chi connectivity index (χ0v) is 13.8. The van der Waals surface area contributed by atoms with Crippen molar-refractivity contribution in [2.45, 2.75) is 38.4 Å². The van der Waals surface area contributed by atoms with E-state index >= 15 is 0 Å². The second-order valence-electron chi connectivity index (χ2n) is 7.46. The van der Waals surface area contributed by atoms with E-state index in [0.717, 1.165) is 18.9 Å². The van der Waals surface area contributed by atoms with Crippen molar-refractivity contribution in [3.8, 4) is 0 Å². The molecular formula is C16H19F3N4O2. The molecule has 1 aromatic heterocycles. The Bertz CT molecular complexity index is 718. The van der Waals surface area contributed by atoms with E-state index in [2.05, 4.69) is 9.97 Å². The fraction of sp³-hybridized carbons (Fsp3) is 0.688. The summed E-state index contributed by atoms with van der Waals surface area (Å²) in [5, 5.41) is 8.88.